The van der Waals surface area contributed by atoms with Crippen molar-refractivity contribution in [2.24, 2.45) is 5.92 Å². The summed E-state index contributed by atoms with van der Waals surface area (Å²) in [5.41, 5.74) is 0. The molecule has 0 aromatic heterocycles. The van der Waals surface area contributed by atoms with Gasteiger partial charge in [0.1, 0.15) is 12.6 Å². The second-order valence-electron chi connectivity index (χ2n) is 4.17. The molecule has 0 bridgehead atoms. The summed E-state index contributed by atoms with van der Waals surface area (Å²) in [5.74, 6) is 0.00336. The van der Waals surface area contributed by atoms with E-state index in [0.717, 1.165) is 11.8 Å². The van der Waals surface area contributed by atoms with Crippen LogP contribution in [0.3, 0.4) is 0 Å². The fourth-order valence-corrected chi connectivity index (χ4v) is 2.13. The van der Waals surface area contributed by atoms with Crippen LogP contribution >= 0.6 is 11.8 Å². The Morgan fingerprint density at radius 1 is 1.72 bits per heavy atom. The summed E-state index contributed by atoms with van der Waals surface area (Å²) in [6.45, 7) is 3.43. The van der Waals surface area contributed by atoms with Gasteiger partial charge in [-0.2, -0.15) is 0 Å². The second kappa shape index (κ2) is 6.43. The first-order valence-corrected chi connectivity index (χ1v) is 6.39. The zero-order valence-electron chi connectivity index (χ0n) is 10.0. The van der Waals surface area contributed by atoms with Crippen molar-refractivity contribution >= 4 is 22.9 Å². The van der Waals surface area contributed by atoms with Crippen molar-refractivity contribution in [3.8, 4) is 0 Å². The zero-order valence-corrected chi connectivity index (χ0v) is 10.9. The smallest absolute Gasteiger partial charge is 0.294 e. The molecule has 1 fully saturated rings. The number of hydrogen-bond donors (Lipinski definition) is 2. The molecule has 2 amide bonds. The Hall–Kier alpha value is -1.51. The lowest BCUT2D eigenvalue weighted by Crippen LogP contribution is -2.50. The minimum atomic E-state index is -0.894. The Labute approximate surface area is 108 Å². The van der Waals surface area contributed by atoms with Gasteiger partial charge in [-0.15, -0.1) is 10.1 Å². The van der Waals surface area contributed by atoms with Gasteiger partial charge in [0, 0.05) is 5.75 Å². The first kappa shape index (κ1) is 14.6. The maximum absolute atomic E-state index is 11.8. The first-order chi connectivity index (χ1) is 8.40. The van der Waals surface area contributed by atoms with E-state index in [4.69, 9.17) is 0 Å². The van der Waals surface area contributed by atoms with Gasteiger partial charge in [-0.25, -0.2) is 0 Å². The van der Waals surface area contributed by atoms with Crippen molar-refractivity contribution in [3.05, 3.63) is 10.1 Å². The lowest BCUT2D eigenvalue weighted by molar-refractivity contribution is -0.758. The molecule has 9 heteroatoms. The van der Waals surface area contributed by atoms with E-state index in [-0.39, 0.29) is 23.7 Å². The summed E-state index contributed by atoms with van der Waals surface area (Å²) in [6.07, 6.45) is 0. The minimum Gasteiger partial charge on any atom is -0.349 e. The number of rotatable bonds is 6. The zero-order chi connectivity index (χ0) is 13.7. The standard InChI is InChI=1S/C9H15N3O5S/c1-5(2)6(3-17-12(15)16)10-8(13)7-4-18-9(14)11-7/h5-7H,3-4H2,1-2H3,(H,10,13)(H,11,14)/t6-,7+/m1/s1. The van der Waals surface area contributed by atoms with Gasteiger partial charge in [0.15, 0.2) is 0 Å². The minimum absolute atomic E-state index is 0.0151. The second-order valence-corrected chi connectivity index (χ2v) is 5.17. The number of carbonyl (C=O) groups excluding carboxylic acids is 2. The molecule has 8 nitrogen and oxygen atoms in total. The molecule has 0 unspecified atom stereocenters. The van der Waals surface area contributed by atoms with Gasteiger partial charge < -0.3 is 15.5 Å². The predicted octanol–water partition coefficient (Wildman–Crippen LogP) is 0.161. The molecule has 0 saturated carbocycles. The van der Waals surface area contributed by atoms with E-state index in [1.165, 1.54) is 0 Å². The number of hydrogen-bond acceptors (Lipinski definition) is 6. The molecule has 0 aromatic rings. The molecule has 1 saturated heterocycles. The van der Waals surface area contributed by atoms with Gasteiger partial charge in [0.05, 0.1) is 6.04 Å². The highest BCUT2D eigenvalue weighted by Crippen LogP contribution is 2.13. The average molecular weight is 277 g/mol. The summed E-state index contributed by atoms with van der Waals surface area (Å²) in [6, 6.07) is -1.05. The number of nitrogens with one attached hydrogen (secondary N) is 2. The lowest BCUT2D eigenvalue weighted by Gasteiger charge is -2.22. The van der Waals surface area contributed by atoms with Gasteiger partial charge in [0.25, 0.3) is 10.3 Å². The number of nitrogens with zero attached hydrogens (tertiary/aromatic N) is 1. The van der Waals surface area contributed by atoms with Crippen LogP contribution in [0.15, 0.2) is 0 Å². The van der Waals surface area contributed by atoms with Crippen LogP contribution in [0.5, 0.6) is 0 Å². The van der Waals surface area contributed by atoms with Crippen LogP contribution in [-0.4, -0.2) is 40.7 Å². The van der Waals surface area contributed by atoms with Gasteiger partial charge >= 0.3 is 0 Å². The lowest BCUT2D eigenvalue weighted by atomic mass is 10.1. The molecular formula is C9H15N3O5S. The maximum Gasteiger partial charge on any atom is 0.294 e. The fraction of sp³-hybridized carbons (Fsp3) is 0.778. The summed E-state index contributed by atoms with van der Waals surface area (Å²) >= 11 is 1.04. The van der Waals surface area contributed by atoms with Gasteiger partial charge in [-0.05, 0) is 5.92 Å². The van der Waals surface area contributed by atoms with Crippen LogP contribution in [0.1, 0.15) is 13.8 Å². The third-order valence-electron chi connectivity index (χ3n) is 2.48. The van der Waals surface area contributed by atoms with E-state index < -0.39 is 17.2 Å². The van der Waals surface area contributed by atoms with Crippen molar-refractivity contribution in [2.45, 2.75) is 25.9 Å². The summed E-state index contributed by atoms with van der Waals surface area (Å²) < 4.78 is 0. The van der Waals surface area contributed by atoms with E-state index in [2.05, 4.69) is 15.5 Å². The van der Waals surface area contributed by atoms with E-state index in [1.54, 1.807) is 0 Å². The SMILES string of the molecule is CC(C)[C@@H](CO[N+](=O)[O-])NC(=O)[C@@H]1CSC(=O)N1. The van der Waals surface area contributed by atoms with Gasteiger partial charge in [0.2, 0.25) is 5.91 Å². The molecule has 0 radical (unpaired) electrons. The fourth-order valence-electron chi connectivity index (χ4n) is 1.35. The van der Waals surface area contributed by atoms with Crippen molar-refractivity contribution in [2.75, 3.05) is 12.4 Å². The Balaban J connectivity index is 2.47. The maximum atomic E-state index is 11.8. The molecule has 102 valence electrons. The molecule has 1 heterocycles. The Kier molecular flexibility index (Phi) is 5.20. The van der Waals surface area contributed by atoms with Crippen molar-refractivity contribution in [3.63, 3.8) is 0 Å². The van der Waals surface area contributed by atoms with Crippen LogP contribution in [0, 0.1) is 16.0 Å². The molecule has 1 aliphatic rings. The van der Waals surface area contributed by atoms with Gasteiger partial charge in [-0.1, -0.05) is 25.6 Å². The van der Waals surface area contributed by atoms with E-state index in [1.807, 2.05) is 13.8 Å². The van der Waals surface area contributed by atoms with E-state index >= 15 is 0 Å². The monoisotopic (exact) mass is 277 g/mol. The Morgan fingerprint density at radius 3 is 2.83 bits per heavy atom. The van der Waals surface area contributed by atoms with E-state index in [9.17, 15) is 19.7 Å². The predicted molar refractivity (Wildman–Crippen MR) is 64.5 cm³/mol. The molecule has 1 aliphatic heterocycles. The molecule has 1 rings (SSSR count). The highest BCUT2D eigenvalue weighted by atomic mass is 32.2. The highest BCUT2D eigenvalue weighted by molar-refractivity contribution is 8.14. The van der Waals surface area contributed by atoms with Crippen molar-refractivity contribution in [1.29, 1.82) is 0 Å². The Morgan fingerprint density at radius 2 is 2.39 bits per heavy atom. The third-order valence-corrected chi connectivity index (χ3v) is 3.36. The molecule has 0 spiro atoms. The van der Waals surface area contributed by atoms with Crippen molar-refractivity contribution < 1.29 is 19.5 Å². The Bertz CT molecular complexity index is 349. The summed E-state index contributed by atoms with van der Waals surface area (Å²) in [4.78, 5) is 37.1. The van der Waals surface area contributed by atoms with Crippen LogP contribution in [-0.2, 0) is 9.63 Å². The molecule has 0 aliphatic carbocycles. The van der Waals surface area contributed by atoms with Crippen LogP contribution in [0.4, 0.5) is 4.79 Å². The molecule has 2 N–H and O–H groups in total. The normalized spacial score (nSPS) is 20.4. The van der Waals surface area contributed by atoms with Crippen LogP contribution in [0.2, 0.25) is 0 Å². The summed E-state index contributed by atoms with van der Waals surface area (Å²) in [7, 11) is 0. The molecule has 2 atom stereocenters. The van der Waals surface area contributed by atoms with Gasteiger partial charge in [-0.3, -0.25) is 9.59 Å². The molecule has 0 aromatic carbocycles. The van der Waals surface area contributed by atoms with Crippen molar-refractivity contribution in [1.82, 2.24) is 10.6 Å². The number of carbonyl (C=O) groups is 2. The highest BCUT2D eigenvalue weighted by Gasteiger charge is 2.30. The summed E-state index contributed by atoms with van der Waals surface area (Å²) in [5, 5.41) is 14.1. The van der Waals surface area contributed by atoms with Crippen LogP contribution in [0.25, 0.3) is 0 Å². The average Bonchev–Trinajstić information content (AvgIpc) is 2.70. The quantitative estimate of drug-likeness (QED) is 0.528. The van der Waals surface area contributed by atoms with E-state index in [0.29, 0.717) is 5.75 Å². The van der Waals surface area contributed by atoms with Crippen LogP contribution < -0.4 is 10.6 Å². The third kappa shape index (κ3) is 4.40. The number of thioether (sulfide) groups is 1. The topological polar surface area (TPSA) is 111 Å². The molecule has 18 heavy (non-hydrogen) atoms. The number of amides is 2. The largest absolute Gasteiger partial charge is 0.349 e. The molecular weight excluding hydrogens is 262 g/mol. The first-order valence-electron chi connectivity index (χ1n) is 5.41.